The zero-order chi connectivity index (χ0) is 18.6. The Morgan fingerprint density at radius 3 is 1.12 bits per heavy atom. The van der Waals surface area contributed by atoms with Crippen LogP contribution in [0, 0.1) is 0 Å². The van der Waals surface area contributed by atoms with Crippen LogP contribution in [0.2, 0.25) is 0 Å². The van der Waals surface area contributed by atoms with Crippen LogP contribution in [-0.2, 0) is 9.59 Å². The van der Waals surface area contributed by atoms with E-state index in [0.29, 0.717) is 0 Å². The van der Waals surface area contributed by atoms with Crippen LogP contribution in [0.3, 0.4) is 0 Å². The fourth-order valence-electron chi connectivity index (χ4n) is 3.16. The van der Waals surface area contributed by atoms with E-state index in [1.807, 2.05) is 0 Å². The van der Waals surface area contributed by atoms with Gasteiger partial charge in [0.15, 0.2) is 0 Å². The summed E-state index contributed by atoms with van der Waals surface area (Å²) in [4.78, 5) is 49.6. The van der Waals surface area contributed by atoms with E-state index in [-0.39, 0.29) is 22.3 Å². The fraction of sp³-hybridized carbons (Fsp3) is 0. The summed E-state index contributed by atoms with van der Waals surface area (Å²) in [6.07, 6.45) is 0. The van der Waals surface area contributed by atoms with Crippen LogP contribution in [-0.4, -0.2) is 23.1 Å². The van der Waals surface area contributed by atoms with Crippen LogP contribution in [0.5, 0.6) is 0 Å². The van der Waals surface area contributed by atoms with Gasteiger partial charge in [0.2, 0.25) is 23.1 Å². The van der Waals surface area contributed by atoms with E-state index in [2.05, 4.69) is 0 Å². The molecule has 0 bridgehead atoms. The Hall–Kier alpha value is -3.80. The molecule has 6 nitrogen and oxygen atoms in total. The van der Waals surface area contributed by atoms with E-state index in [1.54, 1.807) is 0 Å². The lowest BCUT2D eigenvalue weighted by molar-refractivity contribution is -0.248. The molecular formula is C20H8O6-2. The highest BCUT2D eigenvalue weighted by atomic mass is 16.3. The highest BCUT2D eigenvalue weighted by Gasteiger charge is 2.38. The van der Waals surface area contributed by atoms with Crippen LogP contribution in [0.1, 0.15) is 31.8 Å². The number of ketones is 4. The number of benzene rings is 2. The molecule has 4 rings (SSSR count). The first-order chi connectivity index (χ1) is 12.4. The van der Waals surface area contributed by atoms with Crippen molar-refractivity contribution >= 4 is 34.7 Å². The molecule has 2 aromatic rings. The van der Waals surface area contributed by atoms with Crippen molar-refractivity contribution in [2.45, 2.75) is 0 Å². The van der Waals surface area contributed by atoms with Crippen molar-refractivity contribution in [2.24, 2.45) is 0 Å². The first kappa shape index (κ1) is 15.7. The summed E-state index contributed by atoms with van der Waals surface area (Å²) in [7, 11) is 0. The number of Topliss-reactive ketones (excluding diaryl/α,β-unsaturated/α-hetero) is 4. The van der Waals surface area contributed by atoms with E-state index in [1.165, 1.54) is 48.5 Å². The second-order valence-electron chi connectivity index (χ2n) is 5.82. The van der Waals surface area contributed by atoms with Gasteiger partial charge < -0.3 is 10.2 Å². The van der Waals surface area contributed by atoms with E-state index in [0.717, 1.165) is 0 Å². The fourth-order valence-corrected chi connectivity index (χ4v) is 3.16. The van der Waals surface area contributed by atoms with Crippen LogP contribution >= 0.6 is 0 Å². The summed E-state index contributed by atoms with van der Waals surface area (Å²) >= 11 is 0. The van der Waals surface area contributed by atoms with E-state index < -0.39 is 45.8 Å². The second-order valence-corrected chi connectivity index (χ2v) is 5.82. The van der Waals surface area contributed by atoms with Crippen LogP contribution in [0.4, 0.5) is 0 Å². The lowest BCUT2D eigenvalue weighted by Crippen LogP contribution is -2.35. The van der Waals surface area contributed by atoms with Gasteiger partial charge in [-0.05, 0) is 11.1 Å². The number of carbonyl (C=O) groups is 4. The van der Waals surface area contributed by atoms with Gasteiger partial charge in [-0.3, -0.25) is 19.2 Å². The molecule has 0 N–H and O–H groups in total. The summed E-state index contributed by atoms with van der Waals surface area (Å²) in [5, 5.41) is 25.5. The molecule has 26 heavy (non-hydrogen) atoms. The molecule has 0 radical (unpaired) electrons. The molecular weight excluding hydrogens is 336 g/mol. The van der Waals surface area contributed by atoms with E-state index >= 15 is 0 Å². The molecule has 2 aliphatic carbocycles. The first-order valence-electron chi connectivity index (χ1n) is 7.63. The summed E-state index contributed by atoms with van der Waals surface area (Å²) in [6, 6.07) is 11.3. The maximum Gasteiger partial charge on any atom is 0.234 e. The third-order valence-corrected chi connectivity index (χ3v) is 4.40. The summed E-state index contributed by atoms with van der Waals surface area (Å²) in [5.41, 5.74) is -1.99. The summed E-state index contributed by atoms with van der Waals surface area (Å²) in [5.74, 6) is -6.30. The summed E-state index contributed by atoms with van der Waals surface area (Å²) < 4.78 is 0. The molecule has 0 atom stereocenters. The van der Waals surface area contributed by atoms with Crippen molar-refractivity contribution in [3.8, 4) is 0 Å². The van der Waals surface area contributed by atoms with Crippen LogP contribution in [0.25, 0.3) is 11.5 Å². The lowest BCUT2D eigenvalue weighted by atomic mass is 9.79. The van der Waals surface area contributed by atoms with Gasteiger partial charge in [0.25, 0.3) is 0 Å². The average molecular weight is 344 g/mol. The molecule has 0 heterocycles. The van der Waals surface area contributed by atoms with Crippen LogP contribution < -0.4 is 10.2 Å². The number of rotatable bonds is 1. The minimum atomic E-state index is -1.25. The molecule has 0 fully saturated rings. The number of carbonyl (C=O) groups excluding carboxylic acids is 4. The first-order valence-corrected chi connectivity index (χ1v) is 7.63. The molecule has 0 unspecified atom stereocenters. The van der Waals surface area contributed by atoms with E-state index in [4.69, 9.17) is 0 Å². The maximum absolute atomic E-state index is 12.7. The van der Waals surface area contributed by atoms with Crippen molar-refractivity contribution < 1.29 is 29.4 Å². The monoisotopic (exact) mass is 344 g/mol. The Kier molecular flexibility index (Phi) is 3.23. The highest BCUT2D eigenvalue weighted by molar-refractivity contribution is 6.60. The zero-order valence-electron chi connectivity index (χ0n) is 13.1. The third kappa shape index (κ3) is 1.92. The normalized spacial score (nSPS) is 16.8. The van der Waals surface area contributed by atoms with Gasteiger partial charge in [0.05, 0.1) is 0 Å². The zero-order valence-corrected chi connectivity index (χ0v) is 13.1. The minimum absolute atomic E-state index is 0.0773. The van der Waals surface area contributed by atoms with Crippen LogP contribution in [0.15, 0.2) is 59.7 Å². The molecule has 2 aliphatic rings. The predicted octanol–water partition coefficient (Wildman–Crippen LogP) is 0.0604. The van der Waals surface area contributed by atoms with Crippen molar-refractivity contribution in [1.29, 1.82) is 0 Å². The number of fused-ring (bicyclic) bond motifs is 2. The lowest BCUT2D eigenvalue weighted by Gasteiger charge is -2.31. The minimum Gasteiger partial charge on any atom is -0.872 e. The molecule has 126 valence electrons. The van der Waals surface area contributed by atoms with Gasteiger partial charge in [-0.2, -0.15) is 0 Å². The second kappa shape index (κ2) is 5.35. The quantitative estimate of drug-likeness (QED) is 0.676. The van der Waals surface area contributed by atoms with Gasteiger partial charge in [-0.1, -0.05) is 60.0 Å². The largest absolute Gasteiger partial charge is 0.872 e. The average Bonchev–Trinajstić information content (AvgIpc) is 2.67. The molecule has 0 aromatic heterocycles. The van der Waals surface area contributed by atoms with E-state index in [9.17, 15) is 29.4 Å². The number of hydrogen-bond donors (Lipinski definition) is 0. The standard InChI is InChI=1S/C20H10O6/c21-15-9-5-1-3-7-11(9)17(23)19(25)13(15)14-16(22)10-6-2-4-8-12(10)18(24)20(14)26/h1-8,21-22H/p-2. The Morgan fingerprint density at radius 1 is 0.462 bits per heavy atom. The smallest absolute Gasteiger partial charge is 0.234 e. The molecule has 0 aliphatic heterocycles. The third-order valence-electron chi connectivity index (χ3n) is 4.40. The molecule has 0 amide bonds. The van der Waals surface area contributed by atoms with Crippen molar-refractivity contribution in [1.82, 2.24) is 0 Å². The predicted molar refractivity (Wildman–Crippen MR) is 85.4 cm³/mol. The molecule has 2 aromatic carbocycles. The Bertz CT molecular complexity index is 1030. The Labute approximate surface area is 146 Å². The molecule has 6 heteroatoms. The number of allylic oxidation sites excluding steroid dienone is 2. The van der Waals surface area contributed by atoms with Gasteiger partial charge in [0, 0.05) is 22.3 Å². The highest BCUT2D eigenvalue weighted by Crippen LogP contribution is 2.36. The topological polar surface area (TPSA) is 114 Å². The number of hydrogen-bond acceptors (Lipinski definition) is 6. The SMILES string of the molecule is O=C1C(=O)c2ccccc2C([O-])=C1C1=C([O-])c2ccccc2C(=O)C1=O. The van der Waals surface area contributed by atoms with Crippen molar-refractivity contribution in [3.63, 3.8) is 0 Å². The van der Waals surface area contributed by atoms with Gasteiger partial charge in [-0.15, -0.1) is 0 Å². The Balaban J connectivity index is 2.06. The summed E-state index contributed by atoms with van der Waals surface area (Å²) in [6.45, 7) is 0. The van der Waals surface area contributed by atoms with Gasteiger partial charge in [-0.25, -0.2) is 0 Å². The van der Waals surface area contributed by atoms with Gasteiger partial charge in [0.1, 0.15) is 0 Å². The van der Waals surface area contributed by atoms with Crippen molar-refractivity contribution in [3.05, 3.63) is 81.9 Å². The molecule has 0 saturated heterocycles. The van der Waals surface area contributed by atoms with Gasteiger partial charge >= 0.3 is 0 Å². The molecule has 0 spiro atoms. The maximum atomic E-state index is 12.7. The Morgan fingerprint density at radius 2 is 0.769 bits per heavy atom. The van der Waals surface area contributed by atoms with Crippen molar-refractivity contribution in [2.75, 3.05) is 0 Å². The molecule has 0 saturated carbocycles.